The molecule has 0 bridgehead atoms. The minimum absolute atomic E-state index is 0.516. The van der Waals surface area contributed by atoms with Crippen LogP contribution in [-0.4, -0.2) is 29.1 Å². The van der Waals surface area contributed by atoms with Gasteiger partial charge in [-0.2, -0.15) is 0 Å². The second-order valence-electron chi connectivity index (χ2n) is 8.23. The Morgan fingerprint density at radius 3 is 2.79 bits per heavy atom. The summed E-state index contributed by atoms with van der Waals surface area (Å²) in [7, 11) is 0. The topological polar surface area (TPSA) is 46.4 Å². The zero-order valence-corrected chi connectivity index (χ0v) is 18.9. The molecule has 4 nitrogen and oxygen atoms in total. The molecule has 28 heavy (non-hydrogen) atoms. The standard InChI is InChI=1S/C23H35BrN2O2/c1-3-5-6-8-17(4-2)13-22(27)25-20-14-26(12-11-18-15-28-16-18)21-10-7-9-19(24)23(20)21/h7,9-10,14,17-18,22,25,27H,3-6,8,11-13,15-16H2,1-2H3. The Bertz CT molecular complexity index is 742. The molecule has 3 rings (SSSR count). The number of hydrogen-bond acceptors (Lipinski definition) is 3. The molecule has 0 radical (unpaired) electrons. The number of nitrogens with zero attached hydrogens (tertiary/aromatic N) is 1. The van der Waals surface area contributed by atoms with Crippen molar-refractivity contribution >= 4 is 32.5 Å². The van der Waals surface area contributed by atoms with E-state index in [9.17, 15) is 5.11 Å². The number of aryl methyl sites for hydroxylation is 1. The van der Waals surface area contributed by atoms with Gasteiger partial charge in [-0.05, 0) is 30.9 Å². The molecule has 0 spiro atoms. The van der Waals surface area contributed by atoms with Crippen molar-refractivity contribution in [2.45, 2.75) is 71.6 Å². The summed E-state index contributed by atoms with van der Waals surface area (Å²) in [5, 5.41) is 15.3. The summed E-state index contributed by atoms with van der Waals surface area (Å²) >= 11 is 3.71. The Morgan fingerprint density at radius 1 is 1.29 bits per heavy atom. The largest absolute Gasteiger partial charge is 0.381 e. The molecule has 1 fully saturated rings. The molecule has 0 aliphatic carbocycles. The molecular formula is C23H35BrN2O2. The number of halogens is 1. The lowest BCUT2D eigenvalue weighted by molar-refractivity contribution is -0.0370. The number of hydrogen-bond donors (Lipinski definition) is 2. The highest BCUT2D eigenvalue weighted by atomic mass is 79.9. The van der Waals surface area contributed by atoms with Crippen LogP contribution < -0.4 is 5.32 Å². The molecule has 1 saturated heterocycles. The third-order valence-electron chi connectivity index (χ3n) is 6.01. The number of anilines is 1. The van der Waals surface area contributed by atoms with Crippen molar-refractivity contribution in [1.82, 2.24) is 4.57 Å². The van der Waals surface area contributed by atoms with Crippen LogP contribution in [-0.2, 0) is 11.3 Å². The lowest BCUT2D eigenvalue weighted by atomic mass is 9.94. The first-order chi connectivity index (χ1) is 13.6. The van der Waals surface area contributed by atoms with Crippen molar-refractivity contribution in [3.05, 3.63) is 28.9 Å². The summed E-state index contributed by atoms with van der Waals surface area (Å²) in [6.45, 7) is 7.23. The molecule has 1 aromatic carbocycles. The van der Waals surface area contributed by atoms with Crippen LogP contribution in [0.4, 0.5) is 5.69 Å². The molecule has 1 aromatic heterocycles. The monoisotopic (exact) mass is 450 g/mol. The molecule has 5 heteroatoms. The third kappa shape index (κ3) is 5.52. The van der Waals surface area contributed by atoms with Crippen LogP contribution in [0.1, 0.15) is 58.8 Å². The maximum atomic E-state index is 10.7. The Kier molecular flexibility index (Phi) is 8.24. The number of aliphatic hydroxyl groups is 1. The van der Waals surface area contributed by atoms with Crippen LogP contribution in [0.3, 0.4) is 0 Å². The van der Waals surface area contributed by atoms with E-state index in [4.69, 9.17) is 4.74 Å². The average molecular weight is 451 g/mol. The lowest BCUT2D eigenvalue weighted by Crippen LogP contribution is -2.28. The van der Waals surface area contributed by atoms with Crippen LogP contribution >= 0.6 is 15.9 Å². The van der Waals surface area contributed by atoms with Gasteiger partial charge in [0.1, 0.15) is 6.23 Å². The first-order valence-corrected chi connectivity index (χ1v) is 11.7. The molecule has 2 N–H and O–H groups in total. The predicted octanol–water partition coefficient (Wildman–Crippen LogP) is 6.17. The summed E-state index contributed by atoms with van der Waals surface area (Å²) in [5.41, 5.74) is 2.22. The minimum atomic E-state index is -0.516. The van der Waals surface area contributed by atoms with E-state index in [1.165, 1.54) is 31.2 Å². The van der Waals surface area contributed by atoms with Crippen LogP contribution in [0.25, 0.3) is 10.9 Å². The molecule has 0 saturated carbocycles. The first kappa shape index (κ1) is 21.7. The molecule has 2 heterocycles. The van der Waals surface area contributed by atoms with Crippen LogP contribution in [0.2, 0.25) is 0 Å². The van der Waals surface area contributed by atoms with E-state index in [0.29, 0.717) is 11.8 Å². The van der Waals surface area contributed by atoms with Crippen LogP contribution in [0, 0.1) is 11.8 Å². The predicted molar refractivity (Wildman–Crippen MR) is 121 cm³/mol. The van der Waals surface area contributed by atoms with Gasteiger partial charge in [-0.15, -0.1) is 0 Å². The number of nitrogens with one attached hydrogen (secondary N) is 1. The van der Waals surface area contributed by atoms with E-state index in [1.807, 2.05) is 0 Å². The summed E-state index contributed by atoms with van der Waals surface area (Å²) in [6.07, 6.45) is 9.70. The highest BCUT2D eigenvalue weighted by Crippen LogP contribution is 2.34. The molecule has 2 unspecified atom stereocenters. The quantitative estimate of drug-likeness (QED) is 0.300. The van der Waals surface area contributed by atoms with Crippen molar-refractivity contribution in [2.24, 2.45) is 11.8 Å². The highest BCUT2D eigenvalue weighted by molar-refractivity contribution is 9.10. The van der Waals surface area contributed by atoms with E-state index >= 15 is 0 Å². The summed E-state index contributed by atoms with van der Waals surface area (Å²) < 4.78 is 8.69. The van der Waals surface area contributed by atoms with Crippen molar-refractivity contribution in [2.75, 3.05) is 18.5 Å². The summed E-state index contributed by atoms with van der Waals surface area (Å²) in [5.74, 6) is 1.25. The van der Waals surface area contributed by atoms with Gasteiger partial charge >= 0.3 is 0 Å². The molecule has 2 atom stereocenters. The Morgan fingerprint density at radius 2 is 2.11 bits per heavy atom. The fourth-order valence-corrected chi connectivity index (χ4v) is 4.67. The van der Waals surface area contributed by atoms with Gasteiger partial charge in [0.05, 0.1) is 24.4 Å². The smallest absolute Gasteiger partial charge is 0.124 e. The molecular weight excluding hydrogens is 416 g/mol. The molecule has 0 amide bonds. The van der Waals surface area contributed by atoms with Crippen LogP contribution in [0.15, 0.2) is 28.9 Å². The maximum absolute atomic E-state index is 10.7. The van der Waals surface area contributed by atoms with E-state index in [0.717, 1.165) is 54.6 Å². The van der Waals surface area contributed by atoms with Gasteiger partial charge in [-0.3, -0.25) is 0 Å². The Balaban J connectivity index is 1.68. The highest BCUT2D eigenvalue weighted by Gasteiger charge is 2.20. The number of fused-ring (bicyclic) bond motifs is 1. The van der Waals surface area contributed by atoms with Crippen molar-refractivity contribution in [1.29, 1.82) is 0 Å². The summed E-state index contributed by atoms with van der Waals surface area (Å²) in [4.78, 5) is 0. The second kappa shape index (κ2) is 10.7. The molecule has 1 aliphatic heterocycles. The first-order valence-electron chi connectivity index (χ1n) is 10.9. The normalized spacial score (nSPS) is 16.9. The SMILES string of the molecule is CCCCCC(CC)CC(O)Nc1cn(CCC2COC2)c2cccc(Br)c12. The average Bonchev–Trinajstić information content (AvgIpc) is 2.98. The van der Waals surface area contributed by atoms with Gasteiger partial charge < -0.3 is 19.7 Å². The van der Waals surface area contributed by atoms with Gasteiger partial charge in [0.15, 0.2) is 0 Å². The number of aliphatic hydroxyl groups excluding tert-OH is 1. The van der Waals surface area contributed by atoms with E-state index in [1.54, 1.807) is 0 Å². The number of aromatic nitrogens is 1. The maximum Gasteiger partial charge on any atom is 0.124 e. The van der Waals surface area contributed by atoms with Crippen molar-refractivity contribution in [3.8, 4) is 0 Å². The zero-order valence-electron chi connectivity index (χ0n) is 17.3. The van der Waals surface area contributed by atoms with Gasteiger partial charge in [-0.1, -0.05) is 67.9 Å². The molecule has 156 valence electrons. The number of ether oxygens (including phenoxy) is 1. The van der Waals surface area contributed by atoms with Crippen molar-refractivity contribution in [3.63, 3.8) is 0 Å². The third-order valence-corrected chi connectivity index (χ3v) is 6.67. The Hall–Kier alpha value is -1.04. The minimum Gasteiger partial charge on any atom is -0.381 e. The number of unbranched alkanes of at least 4 members (excludes halogenated alkanes) is 2. The van der Waals surface area contributed by atoms with Crippen LogP contribution in [0.5, 0.6) is 0 Å². The molecule has 1 aliphatic rings. The Labute approximate surface area is 177 Å². The van der Waals surface area contributed by atoms with Crippen molar-refractivity contribution < 1.29 is 9.84 Å². The van der Waals surface area contributed by atoms with E-state index in [-0.39, 0.29) is 0 Å². The fraction of sp³-hybridized carbons (Fsp3) is 0.652. The van der Waals surface area contributed by atoms with Gasteiger partial charge in [-0.25, -0.2) is 0 Å². The number of rotatable bonds is 12. The second-order valence-corrected chi connectivity index (χ2v) is 9.08. The summed E-state index contributed by atoms with van der Waals surface area (Å²) in [6, 6.07) is 6.31. The zero-order chi connectivity index (χ0) is 19.9. The number of benzene rings is 1. The fourth-order valence-electron chi connectivity index (χ4n) is 4.10. The van der Waals surface area contributed by atoms with E-state index < -0.39 is 6.23 Å². The van der Waals surface area contributed by atoms with Gasteiger partial charge in [0.2, 0.25) is 0 Å². The lowest BCUT2D eigenvalue weighted by Gasteiger charge is -2.26. The van der Waals surface area contributed by atoms with E-state index in [2.05, 4.69) is 64.1 Å². The van der Waals surface area contributed by atoms with Gasteiger partial charge in [0.25, 0.3) is 0 Å². The van der Waals surface area contributed by atoms with Gasteiger partial charge in [0, 0.05) is 28.5 Å². The molecule has 2 aromatic rings.